The Bertz CT molecular complexity index is 1100. The Kier molecular flexibility index (Phi) is 10.8. The van der Waals surface area contributed by atoms with Gasteiger partial charge in [-0.15, -0.1) is 0 Å². The molecule has 1 atom stereocenters. The quantitative estimate of drug-likeness (QED) is 0.267. The van der Waals surface area contributed by atoms with Crippen molar-refractivity contribution in [2.45, 2.75) is 46.0 Å². The summed E-state index contributed by atoms with van der Waals surface area (Å²) in [6.45, 7) is 6.44. The number of amides is 1. The van der Waals surface area contributed by atoms with Crippen LogP contribution in [-0.4, -0.2) is 49.4 Å². The molecule has 1 amide bonds. The fourth-order valence-electron chi connectivity index (χ4n) is 4.13. The number of rotatable bonds is 15. The zero-order chi connectivity index (χ0) is 25.8. The molecule has 1 N–H and O–H groups in total. The fraction of sp³-hybridized carbons (Fsp3) is 0.448. The Balaban J connectivity index is 1.58. The van der Waals surface area contributed by atoms with Crippen molar-refractivity contribution >= 4 is 5.91 Å². The van der Waals surface area contributed by atoms with E-state index in [2.05, 4.69) is 24.1 Å². The first-order chi connectivity index (χ1) is 17.6. The zero-order valence-electron chi connectivity index (χ0n) is 22.0. The maximum atomic E-state index is 12.9. The van der Waals surface area contributed by atoms with Crippen molar-refractivity contribution in [3.63, 3.8) is 0 Å². The summed E-state index contributed by atoms with van der Waals surface area (Å²) in [4.78, 5) is 17.1. The Morgan fingerprint density at radius 2 is 1.83 bits per heavy atom. The van der Waals surface area contributed by atoms with Crippen molar-refractivity contribution in [1.29, 1.82) is 0 Å². The lowest BCUT2D eigenvalue weighted by atomic mass is 10.0. The molecule has 0 unspecified atom stereocenters. The number of benzene rings is 2. The number of unbranched alkanes of at least 4 members (excludes halogenated alkanes) is 1. The van der Waals surface area contributed by atoms with Gasteiger partial charge in [0.2, 0.25) is 0 Å². The number of carbonyl (C=O) groups is 1. The molecular weight excluding hydrogens is 454 g/mol. The second-order valence-corrected chi connectivity index (χ2v) is 8.87. The number of nitrogens with one attached hydrogen (secondary N) is 1. The van der Waals surface area contributed by atoms with Crippen LogP contribution in [0.25, 0.3) is 16.8 Å². The van der Waals surface area contributed by atoms with Gasteiger partial charge in [-0.2, -0.15) is 0 Å². The number of nitrogens with zero attached hydrogens (tertiary/aromatic N) is 2. The Hall–Kier alpha value is -3.32. The van der Waals surface area contributed by atoms with Gasteiger partial charge >= 0.3 is 0 Å². The van der Waals surface area contributed by atoms with Crippen LogP contribution in [0.3, 0.4) is 0 Å². The topological polar surface area (TPSA) is 74.6 Å². The van der Waals surface area contributed by atoms with E-state index in [1.165, 1.54) is 19.3 Å². The molecule has 1 heterocycles. The van der Waals surface area contributed by atoms with E-state index in [1.54, 1.807) is 31.3 Å². The fourth-order valence-corrected chi connectivity index (χ4v) is 4.13. The van der Waals surface area contributed by atoms with Crippen LogP contribution in [0.1, 0.15) is 56.4 Å². The van der Waals surface area contributed by atoms with Crippen LogP contribution in [0.2, 0.25) is 0 Å². The van der Waals surface area contributed by atoms with Gasteiger partial charge in [0.1, 0.15) is 5.69 Å². The molecule has 0 aliphatic heterocycles. The number of hydrogen-bond donors (Lipinski definition) is 1. The van der Waals surface area contributed by atoms with Gasteiger partial charge in [0, 0.05) is 25.4 Å². The number of hydrogen-bond acceptors (Lipinski definition) is 5. The lowest BCUT2D eigenvalue weighted by Crippen LogP contribution is -2.27. The summed E-state index contributed by atoms with van der Waals surface area (Å²) in [5, 5.41) is 3.00. The molecule has 0 aliphatic carbocycles. The minimum absolute atomic E-state index is 0.154. The van der Waals surface area contributed by atoms with Crippen LogP contribution in [-0.2, 0) is 4.74 Å². The molecule has 0 aliphatic rings. The predicted molar refractivity (Wildman–Crippen MR) is 143 cm³/mol. The highest BCUT2D eigenvalue weighted by molar-refractivity contribution is 5.93. The second-order valence-electron chi connectivity index (χ2n) is 8.87. The molecule has 0 bridgehead atoms. The van der Waals surface area contributed by atoms with E-state index in [9.17, 15) is 4.79 Å². The predicted octanol–water partition coefficient (Wildman–Crippen LogP) is 5.91. The van der Waals surface area contributed by atoms with Crippen LogP contribution in [0.4, 0.5) is 0 Å². The van der Waals surface area contributed by atoms with E-state index in [0.717, 1.165) is 36.3 Å². The first-order valence-electron chi connectivity index (χ1n) is 12.8. The van der Waals surface area contributed by atoms with E-state index in [1.807, 2.05) is 42.5 Å². The number of ether oxygens (including phenoxy) is 3. The van der Waals surface area contributed by atoms with Gasteiger partial charge in [-0.05, 0) is 54.2 Å². The van der Waals surface area contributed by atoms with Crippen LogP contribution < -0.4 is 14.8 Å². The van der Waals surface area contributed by atoms with Crippen molar-refractivity contribution in [2.24, 2.45) is 5.92 Å². The third kappa shape index (κ3) is 7.34. The SMILES string of the molecule is CCCC[C@@H](CC)COCCCNC(=O)c1cncn1-c1cccc(-c2ccc(OC)c(OC)c2)c1. The number of imidazole rings is 1. The molecule has 194 valence electrons. The van der Waals surface area contributed by atoms with Crippen molar-refractivity contribution in [1.82, 2.24) is 14.9 Å². The van der Waals surface area contributed by atoms with E-state index < -0.39 is 0 Å². The molecule has 7 nitrogen and oxygen atoms in total. The molecule has 0 fully saturated rings. The maximum absolute atomic E-state index is 12.9. The van der Waals surface area contributed by atoms with E-state index in [4.69, 9.17) is 14.2 Å². The summed E-state index contributed by atoms with van der Waals surface area (Å²) in [6, 6.07) is 13.8. The standard InChI is InChI=1S/C29H39N3O4/c1-5-7-10-22(6-2)20-36-16-9-15-31-29(33)26-19-30-21-32(26)25-12-8-11-23(17-25)24-13-14-27(34-3)28(18-24)35-4/h8,11-14,17-19,21-22H,5-7,9-10,15-16,20H2,1-4H3,(H,31,33)/t22-/m1/s1. The average Bonchev–Trinajstić information content (AvgIpc) is 3.42. The molecular formula is C29H39N3O4. The number of carbonyl (C=O) groups excluding carboxylic acids is 1. The molecule has 7 heteroatoms. The smallest absolute Gasteiger partial charge is 0.269 e. The minimum atomic E-state index is -0.154. The second kappa shape index (κ2) is 14.3. The molecule has 36 heavy (non-hydrogen) atoms. The van der Waals surface area contributed by atoms with E-state index in [0.29, 0.717) is 36.3 Å². The van der Waals surface area contributed by atoms with Gasteiger partial charge in [0.25, 0.3) is 5.91 Å². The molecule has 3 rings (SSSR count). The van der Waals surface area contributed by atoms with Crippen molar-refractivity contribution in [2.75, 3.05) is 34.0 Å². The molecule has 0 saturated heterocycles. The van der Waals surface area contributed by atoms with Gasteiger partial charge in [-0.3, -0.25) is 9.36 Å². The summed E-state index contributed by atoms with van der Waals surface area (Å²) < 4.78 is 18.4. The summed E-state index contributed by atoms with van der Waals surface area (Å²) >= 11 is 0. The molecule has 3 aromatic rings. The zero-order valence-corrected chi connectivity index (χ0v) is 22.0. The van der Waals surface area contributed by atoms with Crippen molar-refractivity contribution < 1.29 is 19.0 Å². The van der Waals surface area contributed by atoms with Gasteiger partial charge in [-0.25, -0.2) is 4.98 Å². The average molecular weight is 494 g/mol. The Labute approximate surface area is 214 Å². The molecule has 2 aromatic carbocycles. The van der Waals surface area contributed by atoms with Gasteiger partial charge in [0.05, 0.1) is 26.7 Å². The summed E-state index contributed by atoms with van der Waals surface area (Å²) in [6.07, 6.45) is 8.87. The third-order valence-corrected chi connectivity index (χ3v) is 6.36. The van der Waals surface area contributed by atoms with E-state index >= 15 is 0 Å². The molecule has 0 radical (unpaired) electrons. The Morgan fingerprint density at radius 1 is 1.03 bits per heavy atom. The highest BCUT2D eigenvalue weighted by Crippen LogP contribution is 2.33. The summed E-state index contributed by atoms with van der Waals surface area (Å²) in [5.41, 5.74) is 3.33. The van der Waals surface area contributed by atoms with Gasteiger partial charge < -0.3 is 19.5 Å². The first kappa shape index (κ1) is 27.3. The van der Waals surface area contributed by atoms with Crippen LogP contribution in [0.15, 0.2) is 55.0 Å². The number of methoxy groups -OCH3 is 2. The maximum Gasteiger partial charge on any atom is 0.269 e. The first-order valence-corrected chi connectivity index (χ1v) is 12.8. The summed E-state index contributed by atoms with van der Waals surface area (Å²) in [7, 11) is 3.24. The lowest BCUT2D eigenvalue weighted by Gasteiger charge is -2.15. The molecule has 1 aromatic heterocycles. The highest BCUT2D eigenvalue weighted by Gasteiger charge is 2.14. The van der Waals surface area contributed by atoms with E-state index in [-0.39, 0.29) is 5.91 Å². The molecule has 0 spiro atoms. The van der Waals surface area contributed by atoms with Crippen molar-refractivity contribution in [3.8, 4) is 28.3 Å². The molecule has 0 saturated carbocycles. The highest BCUT2D eigenvalue weighted by atomic mass is 16.5. The largest absolute Gasteiger partial charge is 0.493 e. The minimum Gasteiger partial charge on any atom is -0.493 e. The third-order valence-electron chi connectivity index (χ3n) is 6.36. The van der Waals surface area contributed by atoms with Crippen molar-refractivity contribution in [3.05, 3.63) is 60.7 Å². The monoisotopic (exact) mass is 493 g/mol. The van der Waals surface area contributed by atoms with Crippen LogP contribution in [0, 0.1) is 5.92 Å². The van der Waals surface area contributed by atoms with Crippen LogP contribution in [0.5, 0.6) is 11.5 Å². The summed E-state index contributed by atoms with van der Waals surface area (Å²) in [5.74, 6) is 1.82. The lowest BCUT2D eigenvalue weighted by molar-refractivity contribution is 0.0872. The van der Waals surface area contributed by atoms with Crippen LogP contribution >= 0.6 is 0 Å². The van der Waals surface area contributed by atoms with Gasteiger partial charge in [0.15, 0.2) is 11.5 Å². The van der Waals surface area contributed by atoms with Gasteiger partial charge in [-0.1, -0.05) is 51.3 Å². The Morgan fingerprint density at radius 3 is 2.58 bits per heavy atom. The number of aromatic nitrogens is 2. The normalized spacial score (nSPS) is 11.8.